The summed E-state index contributed by atoms with van der Waals surface area (Å²) in [5.74, 6) is -2.76. The van der Waals surface area contributed by atoms with Gasteiger partial charge in [0.15, 0.2) is 0 Å². The van der Waals surface area contributed by atoms with Crippen molar-refractivity contribution in [2.24, 2.45) is 5.10 Å². The van der Waals surface area contributed by atoms with E-state index in [1.54, 1.807) is 36.4 Å². The summed E-state index contributed by atoms with van der Waals surface area (Å²) in [5.41, 5.74) is 3.93. The summed E-state index contributed by atoms with van der Waals surface area (Å²) in [7, 11) is 0. The van der Waals surface area contributed by atoms with E-state index in [1.807, 2.05) is 6.07 Å². The van der Waals surface area contributed by atoms with E-state index >= 15 is 0 Å². The van der Waals surface area contributed by atoms with Crippen LogP contribution in [0.15, 0.2) is 71.8 Å². The number of amides is 2. The highest BCUT2D eigenvalue weighted by molar-refractivity contribution is 6.39. The number of hydrazone groups is 1. The minimum Gasteiger partial charge on any atom is -0.355 e. The van der Waals surface area contributed by atoms with Gasteiger partial charge in [-0.3, -0.25) is 9.59 Å². The van der Waals surface area contributed by atoms with Crippen LogP contribution in [0.1, 0.15) is 5.56 Å². The molecule has 0 unspecified atom stereocenters. The van der Waals surface area contributed by atoms with Crippen LogP contribution in [0, 0.1) is 5.82 Å². The summed E-state index contributed by atoms with van der Waals surface area (Å²) >= 11 is 12.0. The van der Waals surface area contributed by atoms with Crippen molar-refractivity contribution in [2.75, 3.05) is 10.6 Å². The summed E-state index contributed by atoms with van der Waals surface area (Å²) in [6, 6.07) is 17.7. The number of benzene rings is 3. The molecule has 6 nitrogen and oxygen atoms in total. The van der Waals surface area contributed by atoms with Gasteiger partial charge in [0.1, 0.15) is 5.82 Å². The zero-order chi connectivity index (χ0) is 21.5. The molecule has 0 bridgehead atoms. The minimum atomic E-state index is -1.05. The third-order valence-electron chi connectivity index (χ3n) is 3.82. The Morgan fingerprint density at radius 2 is 1.63 bits per heavy atom. The molecule has 0 spiro atoms. The summed E-state index contributed by atoms with van der Waals surface area (Å²) in [5, 5.41) is 10.1. The Hall–Kier alpha value is -3.42. The Labute approximate surface area is 181 Å². The highest BCUT2D eigenvalue weighted by atomic mass is 35.5. The van der Waals surface area contributed by atoms with E-state index in [0.29, 0.717) is 21.3 Å². The van der Waals surface area contributed by atoms with Crippen LogP contribution in [0.5, 0.6) is 0 Å². The van der Waals surface area contributed by atoms with Crippen LogP contribution >= 0.6 is 23.2 Å². The van der Waals surface area contributed by atoms with Crippen LogP contribution in [0.2, 0.25) is 10.0 Å². The Bertz CT molecular complexity index is 1120. The number of rotatable bonds is 5. The van der Waals surface area contributed by atoms with E-state index in [2.05, 4.69) is 21.2 Å². The van der Waals surface area contributed by atoms with Gasteiger partial charge in [0.25, 0.3) is 0 Å². The third-order valence-corrected chi connectivity index (χ3v) is 4.29. The molecule has 2 amide bonds. The maximum Gasteiger partial charge on any atom is 0.329 e. The molecule has 0 atom stereocenters. The van der Waals surface area contributed by atoms with Crippen LogP contribution in [-0.4, -0.2) is 18.0 Å². The fourth-order valence-electron chi connectivity index (χ4n) is 2.43. The van der Waals surface area contributed by atoms with Crippen LogP contribution < -0.4 is 16.1 Å². The largest absolute Gasteiger partial charge is 0.355 e. The monoisotopic (exact) mass is 444 g/mol. The lowest BCUT2D eigenvalue weighted by Gasteiger charge is -2.10. The number of anilines is 3. The summed E-state index contributed by atoms with van der Waals surface area (Å²) in [6.45, 7) is 0. The fraction of sp³-hybridized carbons (Fsp3) is 0. The Kier molecular flexibility index (Phi) is 7.00. The van der Waals surface area contributed by atoms with Crippen LogP contribution in [-0.2, 0) is 9.59 Å². The third kappa shape index (κ3) is 5.79. The number of nitrogens with one attached hydrogen (secondary N) is 3. The first-order chi connectivity index (χ1) is 14.4. The van der Waals surface area contributed by atoms with Crippen molar-refractivity contribution in [2.45, 2.75) is 0 Å². The van der Waals surface area contributed by atoms with Crippen molar-refractivity contribution < 1.29 is 14.0 Å². The van der Waals surface area contributed by atoms with Crippen LogP contribution in [0.3, 0.4) is 0 Å². The van der Waals surface area contributed by atoms with Crippen molar-refractivity contribution in [3.05, 3.63) is 88.2 Å². The lowest BCUT2D eigenvalue weighted by Crippen LogP contribution is -2.32. The molecule has 3 N–H and O–H groups in total. The van der Waals surface area contributed by atoms with Crippen LogP contribution in [0.4, 0.5) is 21.5 Å². The molecular formula is C21H15Cl2FN4O2. The molecule has 3 rings (SSSR count). The number of carbonyl (C=O) groups excluding carboxylic acids is 2. The van der Waals surface area contributed by atoms with Crippen LogP contribution in [0.25, 0.3) is 0 Å². The van der Waals surface area contributed by atoms with Crippen molar-refractivity contribution in [1.82, 2.24) is 5.43 Å². The molecule has 30 heavy (non-hydrogen) atoms. The molecular weight excluding hydrogens is 430 g/mol. The molecule has 3 aromatic carbocycles. The Morgan fingerprint density at radius 3 is 2.40 bits per heavy atom. The van der Waals surface area contributed by atoms with Gasteiger partial charge < -0.3 is 10.6 Å². The molecule has 9 heteroatoms. The first kappa shape index (κ1) is 21.3. The normalized spacial score (nSPS) is 10.6. The van der Waals surface area contributed by atoms with Gasteiger partial charge in [-0.25, -0.2) is 9.82 Å². The Balaban J connectivity index is 1.68. The van der Waals surface area contributed by atoms with Gasteiger partial charge in [0, 0.05) is 27.0 Å². The number of para-hydroxylation sites is 1. The highest BCUT2D eigenvalue weighted by Crippen LogP contribution is 2.24. The topological polar surface area (TPSA) is 82.6 Å². The summed E-state index contributed by atoms with van der Waals surface area (Å²) in [4.78, 5) is 23.8. The summed E-state index contributed by atoms with van der Waals surface area (Å²) in [6.07, 6.45) is 1.33. The number of halogens is 3. The standard InChI is InChI=1S/C21H15Cl2FN4O2/c22-14-4-3-5-16(11-14)26-18-9-8-15(23)10-13(18)12-25-28-21(30)20(29)27-19-7-2-1-6-17(19)24/h1-12,26H,(H,27,29)(H,28,30)/b25-12-. The van der Waals surface area contributed by atoms with E-state index in [9.17, 15) is 14.0 Å². The van der Waals surface area contributed by atoms with Crippen molar-refractivity contribution in [3.63, 3.8) is 0 Å². The van der Waals surface area contributed by atoms with E-state index in [0.717, 1.165) is 5.69 Å². The molecule has 0 aliphatic rings. The number of carbonyl (C=O) groups is 2. The molecule has 3 aromatic rings. The molecule has 0 aliphatic carbocycles. The SMILES string of the molecule is O=C(N/N=C\c1cc(Cl)ccc1Nc1cccc(Cl)c1)C(=O)Nc1ccccc1F. The second-order valence-electron chi connectivity index (χ2n) is 6.00. The predicted octanol–water partition coefficient (Wildman–Crippen LogP) is 4.96. The van der Waals surface area contributed by atoms with Gasteiger partial charge in [-0.1, -0.05) is 41.4 Å². The second kappa shape index (κ2) is 9.87. The van der Waals surface area contributed by atoms with Gasteiger partial charge in [-0.15, -0.1) is 0 Å². The van der Waals surface area contributed by atoms with E-state index in [-0.39, 0.29) is 5.69 Å². The lowest BCUT2D eigenvalue weighted by molar-refractivity contribution is -0.136. The quantitative estimate of drug-likeness (QED) is 0.295. The summed E-state index contributed by atoms with van der Waals surface area (Å²) < 4.78 is 13.6. The maximum atomic E-state index is 13.6. The van der Waals surface area contributed by atoms with Gasteiger partial charge >= 0.3 is 11.8 Å². The molecule has 0 fully saturated rings. The smallest absolute Gasteiger partial charge is 0.329 e. The molecule has 0 aromatic heterocycles. The molecule has 152 valence electrons. The number of nitrogens with zero attached hydrogens (tertiary/aromatic N) is 1. The van der Waals surface area contributed by atoms with E-state index in [4.69, 9.17) is 23.2 Å². The van der Waals surface area contributed by atoms with Gasteiger partial charge in [0.2, 0.25) is 0 Å². The lowest BCUT2D eigenvalue weighted by atomic mass is 10.2. The molecule has 0 saturated carbocycles. The molecule has 0 radical (unpaired) electrons. The first-order valence-electron chi connectivity index (χ1n) is 8.63. The average Bonchev–Trinajstić information content (AvgIpc) is 2.71. The zero-order valence-electron chi connectivity index (χ0n) is 15.3. The first-order valence-corrected chi connectivity index (χ1v) is 9.39. The second-order valence-corrected chi connectivity index (χ2v) is 6.87. The van der Waals surface area contributed by atoms with E-state index < -0.39 is 17.6 Å². The minimum absolute atomic E-state index is 0.107. The number of hydrogen-bond acceptors (Lipinski definition) is 4. The zero-order valence-corrected chi connectivity index (χ0v) is 16.8. The molecule has 0 heterocycles. The highest BCUT2D eigenvalue weighted by Gasteiger charge is 2.14. The average molecular weight is 445 g/mol. The van der Waals surface area contributed by atoms with Gasteiger partial charge in [-0.2, -0.15) is 5.10 Å². The molecule has 0 saturated heterocycles. The Morgan fingerprint density at radius 1 is 0.867 bits per heavy atom. The number of hydrogen-bond donors (Lipinski definition) is 3. The maximum absolute atomic E-state index is 13.6. The molecule has 0 aliphatic heterocycles. The van der Waals surface area contributed by atoms with Gasteiger partial charge in [-0.05, 0) is 48.5 Å². The predicted molar refractivity (Wildman–Crippen MR) is 117 cm³/mol. The van der Waals surface area contributed by atoms with Crippen molar-refractivity contribution in [3.8, 4) is 0 Å². The van der Waals surface area contributed by atoms with Gasteiger partial charge in [0.05, 0.1) is 11.9 Å². The fourth-order valence-corrected chi connectivity index (χ4v) is 2.80. The van der Waals surface area contributed by atoms with Crippen molar-refractivity contribution >= 4 is 58.3 Å². The van der Waals surface area contributed by atoms with Crippen molar-refractivity contribution in [1.29, 1.82) is 0 Å². The van der Waals surface area contributed by atoms with E-state index in [1.165, 1.54) is 30.5 Å².